The number of aromatic nitrogens is 3. The van der Waals surface area contributed by atoms with Gasteiger partial charge in [-0.25, -0.2) is 15.0 Å². The van der Waals surface area contributed by atoms with E-state index in [1.165, 1.54) is 22.7 Å². The van der Waals surface area contributed by atoms with Crippen LogP contribution in [-0.2, 0) is 23.0 Å². The summed E-state index contributed by atoms with van der Waals surface area (Å²) >= 11 is 2.52. The predicted molar refractivity (Wildman–Crippen MR) is 127 cm³/mol. The van der Waals surface area contributed by atoms with Crippen molar-refractivity contribution in [1.29, 1.82) is 0 Å². The number of hydrogen-bond acceptors (Lipinski definition) is 8. The second-order valence-corrected chi connectivity index (χ2v) is 9.91. The molecule has 0 spiro atoms. The molecule has 1 unspecified atom stereocenters. The number of benzene rings is 1. The van der Waals surface area contributed by atoms with Crippen LogP contribution in [0.1, 0.15) is 33.6 Å². The molecule has 35 heavy (non-hydrogen) atoms. The van der Waals surface area contributed by atoms with Gasteiger partial charge in [0, 0.05) is 23.0 Å². The molecule has 1 atom stereocenters. The van der Waals surface area contributed by atoms with Gasteiger partial charge in [-0.3, -0.25) is 4.79 Å². The second kappa shape index (κ2) is 9.36. The zero-order chi connectivity index (χ0) is 25.4. The van der Waals surface area contributed by atoms with Crippen molar-refractivity contribution < 1.29 is 28.2 Å². The lowest BCUT2D eigenvalue weighted by atomic mass is 10.0. The molecule has 0 amide bonds. The minimum absolute atomic E-state index is 0.135. The number of thiazole rings is 1. The molecular weight excluding hydrogens is 501 g/mol. The molecule has 4 rings (SSSR count). The SMILES string of the molecule is Cc1cc(Nc2nccc(C(F)(F)F)n2)cc(-c2cnc(C(C)(O)c3cc(CC(=O)O)cs3)s2)c1. The quantitative estimate of drug-likeness (QED) is 0.290. The first-order chi connectivity index (χ1) is 16.4. The molecule has 0 saturated heterocycles. The van der Waals surface area contributed by atoms with E-state index in [0.717, 1.165) is 28.3 Å². The van der Waals surface area contributed by atoms with E-state index in [0.29, 0.717) is 21.1 Å². The minimum atomic E-state index is -4.58. The Kier molecular flexibility index (Phi) is 6.62. The van der Waals surface area contributed by atoms with E-state index < -0.39 is 23.4 Å². The van der Waals surface area contributed by atoms with Crippen LogP contribution in [0.15, 0.2) is 48.1 Å². The topological polar surface area (TPSA) is 108 Å². The third-order valence-corrected chi connectivity index (χ3v) is 7.42. The van der Waals surface area contributed by atoms with Crippen LogP contribution < -0.4 is 5.32 Å². The maximum absolute atomic E-state index is 13.0. The Hall–Kier alpha value is -3.35. The van der Waals surface area contributed by atoms with Crippen molar-refractivity contribution >= 4 is 40.3 Å². The summed E-state index contributed by atoms with van der Waals surface area (Å²) in [5, 5.41) is 25.1. The average molecular weight is 521 g/mol. The van der Waals surface area contributed by atoms with Crippen molar-refractivity contribution in [3.05, 3.63) is 74.8 Å². The summed E-state index contributed by atoms with van der Waals surface area (Å²) in [5.41, 5.74) is 0.226. The van der Waals surface area contributed by atoms with Crippen LogP contribution in [-0.4, -0.2) is 31.1 Å². The molecule has 3 heterocycles. The maximum Gasteiger partial charge on any atom is 0.433 e. The van der Waals surface area contributed by atoms with Gasteiger partial charge in [0.15, 0.2) is 0 Å². The van der Waals surface area contributed by atoms with Gasteiger partial charge in [0.05, 0.1) is 11.3 Å². The minimum Gasteiger partial charge on any atom is -0.481 e. The molecular formula is C23H19F3N4O3S2. The molecule has 3 N–H and O–H groups in total. The van der Waals surface area contributed by atoms with E-state index in [-0.39, 0.29) is 12.4 Å². The fraction of sp³-hybridized carbons (Fsp3) is 0.217. The van der Waals surface area contributed by atoms with Gasteiger partial charge in [0.25, 0.3) is 0 Å². The van der Waals surface area contributed by atoms with Gasteiger partial charge in [0.1, 0.15) is 16.3 Å². The number of aliphatic hydroxyl groups is 1. The van der Waals surface area contributed by atoms with E-state index >= 15 is 0 Å². The monoisotopic (exact) mass is 520 g/mol. The van der Waals surface area contributed by atoms with Gasteiger partial charge >= 0.3 is 12.1 Å². The van der Waals surface area contributed by atoms with Crippen LogP contribution in [0.3, 0.4) is 0 Å². The van der Waals surface area contributed by atoms with Crippen molar-refractivity contribution in [2.24, 2.45) is 0 Å². The van der Waals surface area contributed by atoms with Gasteiger partial charge in [-0.1, -0.05) is 6.07 Å². The number of carboxylic acids is 1. The first-order valence-corrected chi connectivity index (χ1v) is 11.9. The van der Waals surface area contributed by atoms with Crippen LogP contribution in [0.2, 0.25) is 0 Å². The van der Waals surface area contributed by atoms with E-state index in [9.17, 15) is 23.1 Å². The predicted octanol–water partition coefficient (Wildman–Crippen LogP) is 5.62. The Labute approximate surface area is 206 Å². The average Bonchev–Trinajstić information content (AvgIpc) is 3.43. The molecule has 1 aromatic carbocycles. The van der Waals surface area contributed by atoms with Gasteiger partial charge in [-0.05, 0) is 60.2 Å². The molecule has 0 aliphatic rings. The molecule has 0 bridgehead atoms. The van der Waals surface area contributed by atoms with Crippen LogP contribution in [0.5, 0.6) is 0 Å². The summed E-state index contributed by atoms with van der Waals surface area (Å²) in [6.45, 7) is 3.44. The van der Waals surface area contributed by atoms with Crippen LogP contribution in [0.4, 0.5) is 24.8 Å². The van der Waals surface area contributed by atoms with Crippen molar-refractivity contribution in [2.45, 2.75) is 32.0 Å². The molecule has 4 aromatic rings. The van der Waals surface area contributed by atoms with Crippen LogP contribution in [0.25, 0.3) is 10.4 Å². The molecule has 12 heteroatoms. The lowest BCUT2D eigenvalue weighted by molar-refractivity contribution is -0.141. The summed E-state index contributed by atoms with van der Waals surface area (Å²) in [7, 11) is 0. The number of halogens is 3. The van der Waals surface area contributed by atoms with Crippen LogP contribution >= 0.6 is 22.7 Å². The van der Waals surface area contributed by atoms with Gasteiger partial charge in [-0.15, -0.1) is 22.7 Å². The van der Waals surface area contributed by atoms with Crippen molar-refractivity contribution in [3.63, 3.8) is 0 Å². The molecule has 0 fully saturated rings. The lowest BCUT2D eigenvalue weighted by Crippen LogP contribution is -2.20. The highest BCUT2D eigenvalue weighted by atomic mass is 32.1. The molecule has 0 aliphatic heterocycles. The number of thiophene rings is 1. The number of alkyl halides is 3. The molecule has 182 valence electrons. The van der Waals surface area contributed by atoms with Crippen molar-refractivity contribution in [2.75, 3.05) is 5.32 Å². The Bertz CT molecular complexity index is 1380. The van der Waals surface area contributed by atoms with Gasteiger partial charge in [-0.2, -0.15) is 13.2 Å². The number of carboxylic acid groups (broad SMARTS) is 1. The lowest BCUT2D eigenvalue weighted by Gasteiger charge is -2.18. The highest BCUT2D eigenvalue weighted by Gasteiger charge is 2.33. The van der Waals surface area contributed by atoms with E-state index in [4.69, 9.17) is 5.11 Å². The standard InChI is InChI=1S/C23H19F3N4O3S2/c1-12-5-14(9-15(6-12)29-21-27-4-3-17(30-21)23(24,25)26)16-10-28-20(35-16)22(2,33)18-7-13(11-34-18)8-19(31)32/h3-7,9-11,33H,8H2,1-2H3,(H,31,32)(H,27,29,30). The summed E-state index contributed by atoms with van der Waals surface area (Å²) < 4.78 is 38.9. The molecule has 7 nitrogen and oxygen atoms in total. The molecule has 0 saturated carbocycles. The third-order valence-electron chi connectivity index (χ3n) is 4.98. The zero-order valence-corrected chi connectivity index (χ0v) is 20.1. The third kappa shape index (κ3) is 5.66. The summed E-state index contributed by atoms with van der Waals surface area (Å²) in [5.74, 6) is -1.14. The molecule has 3 aromatic heterocycles. The molecule has 0 radical (unpaired) electrons. The highest BCUT2D eigenvalue weighted by Crippen LogP contribution is 2.39. The number of nitrogens with zero attached hydrogens (tertiary/aromatic N) is 3. The highest BCUT2D eigenvalue weighted by molar-refractivity contribution is 7.15. The van der Waals surface area contributed by atoms with Gasteiger partial charge in [0.2, 0.25) is 5.95 Å². The normalized spacial score (nSPS) is 13.4. The summed E-state index contributed by atoms with van der Waals surface area (Å²) in [4.78, 5) is 24.1. The first kappa shape index (κ1) is 24.8. The van der Waals surface area contributed by atoms with Crippen LogP contribution in [0, 0.1) is 6.92 Å². The summed E-state index contributed by atoms with van der Waals surface area (Å²) in [6.07, 6.45) is -2.06. The fourth-order valence-corrected chi connectivity index (χ4v) is 5.34. The number of aryl methyl sites for hydroxylation is 1. The van der Waals surface area contributed by atoms with Gasteiger partial charge < -0.3 is 15.5 Å². The Morgan fingerprint density at radius 3 is 2.66 bits per heavy atom. The Morgan fingerprint density at radius 2 is 1.94 bits per heavy atom. The van der Waals surface area contributed by atoms with Crippen molar-refractivity contribution in [3.8, 4) is 10.4 Å². The Morgan fingerprint density at radius 1 is 1.17 bits per heavy atom. The number of hydrogen-bond donors (Lipinski definition) is 3. The summed E-state index contributed by atoms with van der Waals surface area (Å²) in [6, 6.07) is 7.83. The second-order valence-electron chi connectivity index (χ2n) is 7.97. The molecule has 0 aliphatic carbocycles. The number of anilines is 2. The van der Waals surface area contributed by atoms with E-state index in [1.54, 1.807) is 36.7 Å². The smallest absolute Gasteiger partial charge is 0.433 e. The van der Waals surface area contributed by atoms with E-state index in [1.807, 2.05) is 13.0 Å². The van der Waals surface area contributed by atoms with Crippen molar-refractivity contribution in [1.82, 2.24) is 15.0 Å². The zero-order valence-electron chi connectivity index (χ0n) is 18.4. The number of carbonyl (C=O) groups is 1. The maximum atomic E-state index is 13.0. The first-order valence-electron chi connectivity index (χ1n) is 10.2. The largest absolute Gasteiger partial charge is 0.481 e. The number of aliphatic carboxylic acids is 1. The van der Waals surface area contributed by atoms with E-state index in [2.05, 4.69) is 20.3 Å². The fourth-order valence-electron chi connectivity index (χ4n) is 3.34. The number of rotatable bonds is 7. The number of nitrogens with one attached hydrogen (secondary N) is 1. The Balaban J connectivity index is 1.60.